The van der Waals surface area contributed by atoms with Crippen molar-refractivity contribution in [2.75, 3.05) is 13.1 Å². The van der Waals surface area contributed by atoms with Gasteiger partial charge in [0.15, 0.2) is 5.82 Å². The topological polar surface area (TPSA) is 80.1 Å². The van der Waals surface area contributed by atoms with Gasteiger partial charge in [-0.15, -0.1) is 10.2 Å². The first-order valence-corrected chi connectivity index (χ1v) is 13.1. The molecule has 7 nitrogen and oxygen atoms in total. The summed E-state index contributed by atoms with van der Waals surface area (Å²) in [7, 11) is 0. The quantitative estimate of drug-likeness (QED) is 0.587. The maximum atomic E-state index is 13.2. The number of rotatable bonds is 7. The van der Waals surface area contributed by atoms with Crippen molar-refractivity contribution in [1.29, 1.82) is 0 Å². The van der Waals surface area contributed by atoms with E-state index in [1.54, 1.807) is 0 Å². The van der Waals surface area contributed by atoms with Crippen molar-refractivity contribution in [3.8, 4) is 0 Å². The lowest BCUT2D eigenvalue weighted by Crippen LogP contribution is -2.35. The molecule has 0 spiro atoms. The molecule has 4 rings (SSSR count). The van der Waals surface area contributed by atoms with Gasteiger partial charge in [-0.1, -0.05) is 42.7 Å². The van der Waals surface area contributed by atoms with Crippen LogP contribution in [0.1, 0.15) is 91.5 Å². The molecule has 0 fully saturated rings. The van der Waals surface area contributed by atoms with Crippen molar-refractivity contribution in [2.45, 2.75) is 85.2 Å². The number of hydrogen-bond acceptors (Lipinski definition) is 4. The van der Waals surface area contributed by atoms with Crippen molar-refractivity contribution < 1.29 is 9.59 Å². The third kappa shape index (κ3) is 6.38. The van der Waals surface area contributed by atoms with Crippen LogP contribution in [0.25, 0.3) is 0 Å². The average molecular weight is 478 g/mol. The van der Waals surface area contributed by atoms with Gasteiger partial charge in [0.2, 0.25) is 5.91 Å². The fourth-order valence-corrected chi connectivity index (χ4v) is 5.27. The zero-order chi connectivity index (χ0) is 24.9. The maximum absolute atomic E-state index is 13.2. The van der Waals surface area contributed by atoms with Crippen molar-refractivity contribution in [1.82, 2.24) is 25.0 Å². The van der Waals surface area contributed by atoms with Crippen molar-refractivity contribution in [3.63, 3.8) is 0 Å². The summed E-state index contributed by atoms with van der Waals surface area (Å²) in [5.41, 5.74) is 4.10. The second-order valence-corrected chi connectivity index (χ2v) is 10.6. The number of aromatic nitrogens is 3. The van der Waals surface area contributed by atoms with Crippen LogP contribution in [0.3, 0.4) is 0 Å². The third-order valence-electron chi connectivity index (χ3n) is 6.98. The van der Waals surface area contributed by atoms with E-state index in [1.807, 2.05) is 30.9 Å². The predicted octanol–water partition coefficient (Wildman–Crippen LogP) is 4.69. The molecule has 2 aromatic rings. The molecule has 2 aliphatic rings. The fourth-order valence-electron chi connectivity index (χ4n) is 5.27. The van der Waals surface area contributed by atoms with Gasteiger partial charge in [-0.25, -0.2) is 0 Å². The first-order valence-electron chi connectivity index (χ1n) is 13.1. The molecule has 7 heteroatoms. The van der Waals surface area contributed by atoms with Gasteiger partial charge in [-0.3, -0.25) is 9.59 Å². The van der Waals surface area contributed by atoms with Gasteiger partial charge < -0.3 is 14.8 Å². The zero-order valence-corrected chi connectivity index (χ0v) is 21.6. The minimum atomic E-state index is -0.237. The lowest BCUT2D eigenvalue weighted by molar-refractivity contribution is -0.130. The average Bonchev–Trinajstić information content (AvgIpc) is 3.09. The Balaban J connectivity index is 1.48. The highest BCUT2D eigenvalue weighted by molar-refractivity contribution is 5.94. The smallest absolute Gasteiger partial charge is 0.251 e. The molecule has 35 heavy (non-hydrogen) atoms. The minimum absolute atomic E-state index is 0.0917. The summed E-state index contributed by atoms with van der Waals surface area (Å²) in [4.78, 5) is 28.1. The standard InChI is InChI=1S/C28H39N5O2/c1-19(2)14-24(29-28(35)23-16-20(3)15-21(4)17-23)27-31-30-25-10-11-32(12-13-33(25)27)26(34)18-22-8-6-5-7-9-22/h8,15-17,19,24H,5-7,9-14,18H2,1-4H3,(H,29,35). The second kappa shape index (κ2) is 11.2. The number of carbonyl (C=O) groups excluding carboxylic acids is 2. The first-order chi connectivity index (χ1) is 16.8. The second-order valence-electron chi connectivity index (χ2n) is 10.6. The summed E-state index contributed by atoms with van der Waals surface area (Å²) in [6.45, 7) is 10.3. The molecule has 2 heterocycles. The molecular formula is C28H39N5O2. The van der Waals surface area contributed by atoms with Crippen LogP contribution in [0.15, 0.2) is 29.8 Å². The molecule has 1 aliphatic carbocycles. The maximum Gasteiger partial charge on any atom is 0.251 e. The number of nitrogens with zero attached hydrogens (tertiary/aromatic N) is 4. The molecule has 1 unspecified atom stereocenters. The van der Waals surface area contributed by atoms with E-state index in [2.05, 4.69) is 46.1 Å². The van der Waals surface area contributed by atoms with Crippen LogP contribution < -0.4 is 5.32 Å². The normalized spacial score (nSPS) is 16.9. The van der Waals surface area contributed by atoms with Gasteiger partial charge in [0.1, 0.15) is 5.82 Å². The molecule has 1 N–H and O–H groups in total. The Morgan fingerprint density at radius 1 is 1.00 bits per heavy atom. The number of hydrogen-bond donors (Lipinski definition) is 1. The van der Waals surface area contributed by atoms with E-state index >= 15 is 0 Å². The van der Waals surface area contributed by atoms with Gasteiger partial charge in [0, 0.05) is 38.0 Å². The number of benzene rings is 1. The van der Waals surface area contributed by atoms with Gasteiger partial charge in [-0.2, -0.15) is 0 Å². The summed E-state index contributed by atoms with van der Waals surface area (Å²) in [5.74, 6) is 2.17. The van der Waals surface area contributed by atoms with Crippen molar-refractivity contribution in [2.24, 2.45) is 5.92 Å². The van der Waals surface area contributed by atoms with E-state index in [0.717, 1.165) is 42.0 Å². The molecule has 188 valence electrons. The lowest BCUT2D eigenvalue weighted by Gasteiger charge is -2.23. The highest BCUT2D eigenvalue weighted by atomic mass is 16.2. The monoisotopic (exact) mass is 477 g/mol. The number of allylic oxidation sites excluding steroid dienone is 1. The van der Waals surface area contributed by atoms with E-state index < -0.39 is 0 Å². The summed E-state index contributed by atoms with van der Waals surface area (Å²) in [6, 6.07) is 5.67. The first kappa shape index (κ1) is 25.1. The number of aryl methyl sites for hydroxylation is 2. The Labute approximate surface area is 209 Å². The lowest BCUT2D eigenvalue weighted by atomic mass is 9.97. The molecular weight excluding hydrogens is 438 g/mol. The van der Waals surface area contributed by atoms with E-state index in [9.17, 15) is 9.59 Å². The highest BCUT2D eigenvalue weighted by Gasteiger charge is 2.28. The summed E-state index contributed by atoms with van der Waals surface area (Å²) in [5, 5.41) is 12.2. The zero-order valence-electron chi connectivity index (χ0n) is 21.6. The van der Waals surface area contributed by atoms with Crippen molar-refractivity contribution >= 4 is 11.8 Å². The Morgan fingerprint density at radius 3 is 2.46 bits per heavy atom. The summed E-state index contributed by atoms with van der Waals surface area (Å²) < 4.78 is 2.13. The van der Waals surface area contributed by atoms with Crippen LogP contribution in [0.4, 0.5) is 0 Å². The molecule has 0 saturated heterocycles. The van der Waals surface area contributed by atoms with Gasteiger partial charge >= 0.3 is 0 Å². The molecule has 0 radical (unpaired) electrons. The van der Waals surface area contributed by atoms with Crippen LogP contribution in [-0.2, 0) is 17.8 Å². The number of nitrogens with one attached hydrogen (secondary N) is 1. The third-order valence-corrected chi connectivity index (χ3v) is 6.98. The van der Waals surface area contributed by atoms with Gasteiger partial charge in [0.05, 0.1) is 6.04 Å². The Hall–Kier alpha value is -2.96. The molecule has 1 aromatic carbocycles. The largest absolute Gasteiger partial charge is 0.342 e. The Bertz CT molecular complexity index is 1080. The molecule has 0 saturated carbocycles. The van der Waals surface area contributed by atoms with Crippen molar-refractivity contribution in [3.05, 3.63) is 58.2 Å². The number of amides is 2. The molecule has 2 amide bonds. The Morgan fingerprint density at radius 2 is 1.77 bits per heavy atom. The van der Waals surface area contributed by atoms with E-state index in [0.29, 0.717) is 44.0 Å². The highest BCUT2D eigenvalue weighted by Crippen LogP contribution is 2.25. The van der Waals surface area contributed by atoms with Crippen LogP contribution in [-0.4, -0.2) is 44.6 Å². The predicted molar refractivity (Wildman–Crippen MR) is 137 cm³/mol. The van der Waals surface area contributed by atoms with Crippen LogP contribution in [0.2, 0.25) is 0 Å². The van der Waals surface area contributed by atoms with Gasteiger partial charge in [-0.05, 0) is 64.0 Å². The summed E-state index contributed by atoms with van der Waals surface area (Å²) >= 11 is 0. The van der Waals surface area contributed by atoms with Crippen LogP contribution >= 0.6 is 0 Å². The van der Waals surface area contributed by atoms with E-state index in [-0.39, 0.29) is 17.9 Å². The van der Waals surface area contributed by atoms with Crippen LogP contribution in [0, 0.1) is 19.8 Å². The molecule has 1 aromatic heterocycles. The molecule has 1 aliphatic heterocycles. The molecule has 0 bridgehead atoms. The van der Waals surface area contributed by atoms with Gasteiger partial charge in [0.25, 0.3) is 5.91 Å². The SMILES string of the molecule is Cc1cc(C)cc(C(=O)NC(CC(C)C)c2nnc3n2CCN(C(=O)CC2=CCCCC2)CC3)c1. The minimum Gasteiger partial charge on any atom is -0.342 e. The number of carbonyl (C=O) groups is 2. The fraction of sp³-hybridized carbons (Fsp3) is 0.571. The molecule has 1 atom stereocenters. The Kier molecular flexibility index (Phi) is 8.04. The number of fused-ring (bicyclic) bond motifs is 1. The summed E-state index contributed by atoms with van der Waals surface area (Å²) in [6.07, 6.45) is 8.80. The van der Waals surface area contributed by atoms with E-state index in [4.69, 9.17) is 0 Å². The van der Waals surface area contributed by atoms with E-state index in [1.165, 1.54) is 18.4 Å². The van der Waals surface area contributed by atoms with Crippen LogP contribution in [0.5, 0.6) is 0 Å².